The highest BCUT2D eigenvalue weighted by Gasteiger charge is 2.41. The molecule has 0 spiro atoms. The largest absolute Gasteiger partial charge is 0.350 e. The Morgan fingerprint density at radius 3 is 2.05 bits per heavy atom. The second-order valence-electron chi connectivity index (χ2n) is 12.3. The van der Waals surface area contributed by atoms with E-state index in [0.717, 1.165) is 69.4 Å². The van der Waals surface area contributed by atoms with Gasteiger partial charge in [0.25, 0.3) is 23.6 Å². The van der Waals surface area contributed by atoms with E-state index >= 15 is 0 Å². The molecular formula is C35H55N5O4. The van der Waals surface area contributed by atoms with Gasteiger partial charge in [-0.3, -0.25) is 24.1 Å². The van der Waals surface area contributed by atoms with Crippen molar-refractivity contribution in [3.8, 4) is 0 Å². The van der Waals surface area contributed by atoms with Gasteiger partial charge >= 0.3 is 0 Å². The summed E-state index contributed by atoms with van der Waals surface area (Å²) >= 11 is 0. The van der Waals surface area contributed by atoms with Crippen LogP contribution in [0.15, 0.2) is 45.6 Å². The second kappa shape index (κ2) is 18.4. The molecule has 1 aliphatic heterocycles. The van der Waals surface area contributed by atoms with Crippen molar-refractivity contribution >= 4 is 29.3 Å². The zero-order valence-corrected chi connectivity index (χ0v) is 28.3. The van der Waals surface area contributed by atoms with Crippen LogP contribution in [0.1, 0.15) is 117 Å². The summed E-state index contributed by atoms with van der Waals surface area (Å²) in [6, 6.07) is 5.73. The van der Waals surface area contributed by atoms with Crippen LogP contribution in [0.3, 0.4) is 0 Å². The predicted molar refractivity (Wildman–Crippen MR) is 176 cm³/mol. The molecule has 1 heterocycles. The van der Waals surface area contributed by atoms with Crippen LogP contribution in [0.4, 0.5) is 5.69 Å². The highest BCUT2D eigenvalue weighted by Crippen LogP contribution is 2.27. The minimum atomic E-state index is -1.11. The van der Waals surface area contributed by atoms with Crippen molar-refractivity contribution in [2.45, 2.75) is 119 Å². The fourth-order valence-electron chi connectivity index (χ4n) is 5.63. The molecule has 0 aliphatic carbocycles. The molecule has 0 radical (unpaired) electrons. The first-order valence-electron chi connectivity index (χ1n) is 16.7. The van der Waals surface area contributed by atoms with Gasteiger partial charge in [-0.2, -0.15) is 10.2 Å². The fraction of sp³-hybridized carbons (Fsp3) is 0.657. The average Bonchev–Trinajstić information content (AvgIpc) is 2.99. The molecule has 3 unspecified atom stereocenters. The van der Waals surface area contributed by atoms with Gasteiger partial charge in [0.1, 0.15) is 5.57 Å². The maximum atomic E-state index is 14.0. The summed E-state index contributed by atoms with van der Waals surface area (Å²) in [5.41, 5.74) is 1.15. The summed E-state index contributed by atoms with van der Waals surface area (Å²) in [6.45, 7) is 17.2. The van der Waals surface area contributed by atoms with E-state index in [1.54, 1.807) is 52.0 Å². The van der Waals surface area contributed by atoms with Crippen LogP contribution in [0.25, 0.3) is 0 Å². The maximum Gasteiger partial charge on any atom is 0.266 e. The Bertz CT molecular complexity index is 1170. The molecule has 44 heavy (non-hydrogen) atoms. The fourth-order valence-corrected chi connectivity index (χ4v) is 5.63. The Morgan fingerprint density at radius 1 is 0.955 bits per heavy atom. The van der Waals surface area contributed by atoms with Crippen molar-refractivity contribution < 1.29 is 19.2 Å². The number of hydrogen-bond donors (Lipinski definition) is 1. The number of imide groups is 1. The molecule has 1 aliphatic rings. The predicted octanol–water partition coefficient (Wildman–Crippen LogP) is 7.24. The van der Waals surface area contributed by atoms with Crippen LogP contribution in [-0.2, 0) is 14.4 Å². The van der Waals surface area contributed by atoms with Crippen molar-refractivity contribution in [3.63, 3.8) is 0 Å². The van der Waals surface area contributed by atoms with Gasteiger partial charge in [0.05, 0.1) is 5.69 Å². The first kappa shape index (κ1) is 36.8. The number of carbonyl (C=O) groups excluding carboxylic acids is 4. The standard InChI is InChI=1S/C35H55N5O4/c1-9-14-17-26(11-3)22-39(23-27(12-4)18-15-10-2)33(42)28-19-16-20-29(21-28)37-38-31-25(8)30(32(41)36-24(6)7)34(43)40(13-5)35(31)44/h16,19-21,24,26-27,31H,9-15,17-18,22-23H2,1-8H3,(H,36,41)/b38-37+. The number of hydrogen-bond acceptors (Lipinski definition) is 6. The minimum Gasteiger partial charge on any atom is -0.350 e. The molecule has 1 aromatic rings. The van der Waals surface area contributed by atoms with E-state index in [9.17, 15) is 19.2 Å². The first-order chi connectivity index (χ1) is 21.0. The third-order valence-corrected chi connectivity index (χ3v) is 8.44. The molecule has 1 N–H and O–H groups in total. The van der Waals surface area contributed by atoms with Gasteiger partial charge in [-0.1, -0.05) is 72.3 Å². The summed E-state index contributed by atoms with van der Waals surface area (Å²) in [5.74, 6) is -0.802. The van der Waals surface area contributed by atoms with Crippen molar-refractivity contribution in [1.82, 2.24) is 15.1 Å². The quantitative estimate of drug-likeness (QED) is 0.107. The minimum absolute atomic E-state index is 0.0211. The Morgan fingerprint density at radius 2 is 1.55 bits per heavy atom. The molecule has 9 nitrogen and oxygen atoms in total. The molecule has 0 saturated carbocycles. The highest BCUT2D eigenvalue weighted by atomic mass is 16.2. The van der Waals surface area contributed by atoms with Crippen LogP contribution in [-0.4, -0.2) is 65.1 Å². The Balaban J connectivity index is 2.41. The summed E-state index contributed by atoms with van der Waals surface area (Å²) in [6.07, 6.45) is 8.84. The molecule has 2 rings (SSSR count). The zero-order chi connectivity index (χ0) is 32.8. The molecule has 0 aromatic heterocycles. The lowest BCUT2D eigenvalue weighted by Crippen LogP contribution is -2.51. The van der Waals surface area contributed by atoms with Gasteiger partial charge < -0.3 is 10.2 Å². The molecule has 0 fully saturated rings. The van der Waals surface area contributed by atoms with Crippen molar-refractivity contribution in [3.05, 3.63) is 41.0 Å². The number of unbranched alkanes of at least 4 members (excludes halogenated alkanes) is 2. The topological polar surface area (TPSA) is 112 Å². The number of amides is 4. The summed E-state index contributed by atoms with van der Waals surface area (Å²) in [5, 5.41) is 11.4. The van der Waals surface area contributed by atoms with E-state index < -0.39 is 23.8 Å². The lowest BCUT2D eigenvalue weighted by molar-refractivity contribution is -0.144. The number of carbonyl (C=O) groups is 4. The summed E-state index contributed by atoms with van der Waals surface area (Å²) < 4.78 is 0. The Labute approximate surface area is 264 Å². The van der Waals surface area contributed by atoms with Crippen molar-refractivity contribution in [2.75, 3.05) is 19.6 Å². The second-order valence-corrected chi connectivity index (χ2v) is 12.3. The normalized spacial score (nSPS) is 17.0. The first-order valence-corrected chi connectivity index (χ1v) is 16.7. The van der Waals surface area contributed by atoms with E-state index in [1.807, 2.05) is 4.90 Å². The van der Waals surface area contributed by atoms with E-state index in [-0.39, 0.29) is 29.6 Å². The van der Waals surface area contributed by atoms with E-state index in [0.29, 0.717) is 23.1 Å². The molecule has 0 saturated heterocycles. The molecule has 4 amide bonds. The number of benzene rings is 1. The van der Waals surface area contributed by atoms with Crippen LogP contribution in [0.5, 0.6) is 0 Å². The lowest BCUT2D eigenvalue weighted by atomic mass is 9.95. The van der Waals surface area contributed by atoms with Crippen molar-refractivity contribution in [1.29, 1.82) is 0 Å². The number of rotatable bonds is 18. The van der Waals surface area contributed by atoms with Gasteiger partial charge in [0.15, 0.2) is 6.04 Å². The van der Waals surface area contributed by atoms with Crippen LogP contribution >= 0.6 is 0 Å². The molecule has 3 atom stereocenters. The van der Waals surface area contributed by atoms with Crippen LogP contribution in [0.2, 0.25) is 0 Å². The molecule has 244 valence electrons. The third kappa shape index (κ3) is 10.1. The van der Waals surface area contributed by atoms with Gasteiger partial charge in [0, 0.05) is 31.2 Å². The Kier molecular flexibility index (Phi) is 15.4. The number of nitrogens with one attached hydrogen (secondary N) is 1. The van der Waals surface area contributed by atoms with Gasteiger partial charge in [-0.05, 0) is 76.1 Å². The van der Waals surface area contributed by atoms with E-state index in [1.165, 1.54) is 0 Å². The smallest absolute Gasteiger partial charge is 0.266 e. The van der Waals surface area contributed by atoms with Gasteiger partial charge in [0.2, 0.25) is 0 Å². The molecule has 1 aromatic carbocycles. The number of likely N-dealkylation sites (N-methyl/N-ethyl adjacent to an activating group) is 1. The number of nitrogens with zero attached hydrogens (tertiary/aromatic N) is 4. The highest BCUT2D eigenvalue weighted by molar-refractivity contribution is 6.25. The molecule has 9 heteroatoms. The average molecular weight is 610 g/mol. The monoisotopic (exact) mass is 609 g/mol. The van der Waals surface area contributed by atoms with E-state index in [4.69, 9.17) is 0 Å². The molecular weight excluding hydrogens is 554 g/mol. The number of azo groups is 1. The lowest BCUT2D eigenvalue weighted by Gasteiger charge is -2.31. The van der Waals surface area contributed by atoms with Gasteiger partial charge in [-0.25, -0.2) is 0 Å². The third-order valence-electron chi connectivity index (χ3n) is 8.44. The maximum absolute atomic E-state index is 14.0. The van der Waals surface area contributed by atoms with Crippen molar-refractivity contribution in [2.24, 2.45) is 22.1 Å². The Hall–Kier alpha value is -3.36. The van der Waals surface area contributed by atoms with Gasteiger partial charge in [-0.15, -0.1) is 0 Å². The van der Waals surface area contributed by atoms with E-state index in [2.05, 4.69) is 43.2 Å². The SMILES string of the molecule is CCCCC(CC)CN(CC(CC)CCCC)C(=O)c1cccc(/N=N/C2C(=O)N(CC)C(=O)C(C(=O)NC(C)C)=C2C)c1. The summed E-state index contributed by atoms with van der Waals surface area (Å²) in [4.78, 5) is 56.1. The van der Waals surface area contributed by atoms with Crippen LogP contribution < -0.4 is 5.32 Å². The van der Waals surface area contributed by atoms with Crippen LogP contribution in [0, 0.1) is 11.8 Å². The molecule has 0 bridgehead atoms. The summed E-state index contributed by atoms with van der Waals surface area (Å²) in [7, 11) is 0. The zero-order valence-electron chi connectivity index (χ0n) is 28.3.